The lowest BCUT2D eigenvalue weighted by molar-refractivity contribution is 0.0636. The Bertz CT molecular complexity index is 472. The summed E-state index contributed by atoms with van der Waals surface area (Å²) < 4.78 is 18.9. The molecule has 1 amide bonds. The molecule has 0 fully saturated rings. The minimum Gasteiger partial charge on any atom is -0.444 e. The van der Waals surface area contributed by atoms with Crippen LogP contribution in [0.15, 0.2) is 18.2 Å². The molecular formula is C14H21FN2O3. The number of carbonyl (C=O) groups excluding carboxylic acids is 1. The maximum Gasteiger partial charge on any atom is 0.412 e. The summed E-state index contributed by atoms with van der Waals surface area (Å²) in [5, 5.41) is 11.3. The van der Waals surface area contributed by atoms with Gasteiger partial charge in [0.15, 0.2) is 0 Å². The van der Waals surface area contributed by atoms with Gasteiger partial charge in [0.25, 0.3) is 0 Å². The van der Waals surface area contributed by atoms with Crippen LogP contribution in [-0.4, -0.2) is 29.4 Å². The molecule has 1 unspecified atom stereocenters. The van der Waals surface area contributed by atoms with E-state index in [1.54, 1.807) is 26.8 Å². The van der Waals surface area contributed by atoms with Crippen LogP contribution in [0.2, 0.25) is 0 Å². The molecule has 0 saturated heterocycles. The van der Waals surface area contributed by atoms with Crippen LogP contribution in [0, 0.1) is 5.82 Å². The molecule has 1 aromatic carbocycles. The third kappa shape index (κ3) is 5.54. The molecule has 0 radical (unpaired) electrons. The normalized spacial score (nSPS) is 12.9. The monoisotopic (exact) mass is 284 g/mol. The van der Waals surface area contributed by atoms with Crippen molar-refractivity contribution in [2.45, 2.75) is 38.8 Å². The van der Waals surface area contributed by atoms with Gasteiger partial charge in [-0.3, -0.25) is 5.32 Å². The number of ether oxygens (including phenoxy) is 1. The summed E-state index contributed by atoms with van der Waals surface area (Å²) >= 11 is 0. The number of aliphatic hydroxyl groups is 1. The van der Waals surface area contributed by atoms with E-state index in [-0.39, 0.29) is 13.0 Å². The van der Waals surface area contributed by atoms with Crippen LogP contribution in [0.5, 0.6) is 0 Å². The summed E-state index contributed by atoms with van der Waals surface area (Å²) in [7, 11) is 0. The van der Waals surface area contributed by atoms with E-state index in [2.05, 4.69) is 5.32 Å². The minimum atomic E-state index is -0.642. The smallest absolute Gasteiger partial charge is 0.412 e. The van der Waals surface area contributed by atoms with Crippen molar-refractivity contribution < 1.29 is 19.0 Å². The van der Waals surface area contributed by atoms with E-state index in [0.717, 1.165) is 0 Å². The van der Waals surface area contributed by atoms with Crippen molar-refractivity contribution in [3.8, 4) is 0 Å². The first-order chi connectivity index (χ1) is 9.21. The number of hydrogen-bond acceptors (Lipinski definition) is 4. The Morgan fingerprint density at radius 2 is 2.15 bits per heavy atom. The number of hydrogen-bond donors (Lipinski definition) is 3. The molecule has 0 heterocycles. The van der Waals surface area contributed by atoms with E-state index in [0.29, 0.717) is 11.3 Å². The molecule has 0 aliphatic heterocycles. The van der Waals surface area contributed by atoms with E-state index < -0.39 is 23.6 Å². The van der Waals surface area contributed by atoms with Crippen LogP contribution in [0.3, 0.4) is 0 Å². The van der Waals surface area contributed by atoms with Gasteiger partial charge in [0.1, 0.15) is 11.4 Å². The minimum absolute atomic E-state index is 0.211. The second-order valence-corrected chi connectivity index (χ2v) is 5.58. The van der Waals surface area contributed by atoms with Gasteiger partial charge in [-0.15, -0.1) is 0 Å². The van der Waals surface area contributed by atoms with Crippen molar-refractivity contribution in [2.75, 3.05) is 11.9 Å². The molecule has 112 valence electrons. The zero-order valence-electron chi connectivity index (χ0n) is 11.9. The van der Waals surface area contributed by atoms with Gasteiger partial charge in [-0.2, -0.15) is 0 Å². The Hall–Kier alpha value is -1.66. The van der Waals surface area contributed by atoms with Crippen LogP contribution >= 0.6 is 0 Å². The van der Waals surface area contributed by atoms with Crippen molar-refractivity contribution in [3.05, 3.63) is 29.6 Å². The quantitative estimate of drug-likeness (QED) is 0.790. The summed E-state index contributed by atoms with van der Waals surface area (Å²) in [5.74, 6) is -0.484. The molecule has 0 bridgehead atoms. The van der Waals surface area contributed by atoms with Crippen molar-refractivity contribution in [2.24, 2.45) is 5.73 Å². The Labute approximate surface area is 117 Å². The molecular weight excluding hydrogens is 263 g/mol. The molecule has 0 saturated carbocycles. The van der Waals surface area contributed by atoms with Crippen LogP contribution < -0.4 is 11.1 Å². The van der Waals surface area contributed by atoms with E-state index in [9.17, 15) is 9.18 Å². The van der Waals surface area contributed by atoms with Crippen LogP contribution in [0.1, 0.15) is 26.3 Å². The molecule has 5 nitrogen and oxygen atoms in total. The molecule has 1 aromatic rings. The zero-order chi connectivity index (χ0) is 15.3. The first-order valence-electron chi connectivity index (χ1n) is 6.36. The first kappa shape index (κ1) is 16.4. The number of carbonyl (C=O) groups is 1. The summed E-state index contributed by atoms with van der Waals surface area (Å²) in [6.07, 6.45) is -0.411. The lowest BCUT2D eigenvalue weighted by Crippen LogP contribution is -2.28. The fourth-order valence-corrected chi connectivity index (χ4v) is 1.56. The lowest BCUT2D eigenvalue weighted by atomic mass is 10.1. The highest BCUT2D eigenvalue weighted by atomic mass is 19.1. The molecule has 0 aliphatic rings. The van der Waals surface area contributed by atoms with E-state index >= 15 is 0 Å². The number of anilines is 1. The summed E-state index contributed by atoms with van der Waals surface area (Å²) in [6.45, 7) is 5.02. The number of nitrogens with two attached hydrogens (primary N) is 1. The van der Waals surface area contributed by atoms with Crippen molar-refractivity contribution in [1.29, 1.82) is 0 Å². The summed E-state index contributed by atoms with van der Waals surface area (Å²) in [6, 6.07) is 3.78. The molecule has 1 rings (SSSR count). The van der Waals surface area contributed by atoms with Gasteiger partial charge < -0.3 is 15.6 Å². The number of amides is 1. The van der Waals surface area contributed by atoms with E-state index in [1.807, 2.05) is 0 Å². The van der Waals surface area contributed by atoms with Gasteiger partial charge in [0.2, 0.25) is 0 Å². The highest BCUT2D eigenvalue weighted by Crippen LogP contribution is 2.17. The van der Waals surface area contributed by atoms with Crippen LogP contribution in [0.25, 0.3) is 0 Å². The van der Waals surface area contributed by atoms with Gasteiger partial charge in [-0.1, -0.05) is 6.07 Å². The maximum atomic E-state index is 13.8. The molecule has 1 atom stereocenters. The average Bonchev–Trinajstić information content (AvgIpc) is 2.29. The van der Waals surface area contributed by atoms with Crippen LogP contribution in [0.4, 0.5) is 14.9 Å². The van der Waals surface area contributed by atoms with Crippen molar-refractivity contribution >= 4 is 11.8 Å². The second kappa shape index (κ2) is 6.67. The van der Waals surface area contributed by atoms with Crippen molar-refractivity contribution in [3.63, 3.8) is 0 Å². The number of aliphatic hydroxyl groups excluding tert-OH is 1. The van der Waals surface area contributed by atoms with Crippen molar-refractivity contribution in [1.82, 2.24) is 0 Å². The fourth-order valence-electron chi connectivity index (χ4n) is 1.56. The van der Waals surface area contributed by atoms with E-state index in [4.69, 9.17) is 15.6 Å². The Kier molecular flexibility index (Phi) is 5.47. The largest absolute Gasteiger partial charge is 0.444 e. The van der Waals surface area contributed by atoms with Crippen LogP contribution in [-0.2, 0) is 11.2 Å². The molecule has 6 heteroatoms. The third-order valence-electron chi connectivity index (χ3n) is 2.41. The SMILES string of the molecule is CC(C)(C)OC(=O)Nc1ccc(CC(N)CO)c(F)c1. The number of halogens is 1. The number of benzene rings is 1. The van der Waals surface area contributed by atoms with E-state index in [1.165, 1.54) is 12.1 Å². The fraction of sp³-hybridized carbons (Fsp3) is 0.500. The highest BCUT2D eigenvalue weighted by Gasteiger charge is 2.16. The third-order valence-corrected chi connectivity index (χ3v) is 2.41. The maximum absolute atomic E-state index is 13.8. The Morgan fingerprint density at radius 1 is 1.50 bits per heavy atom. The summed E-state index contributed by atoms with van der Waals surface area (Å²) in [4.78, 5) is 11.5. The molecule has 4 N–H and O–H groups in total. The Balaban J connectivity index is 2.70. The number of rotatable bonds is 4. The first-order valence-corrected chi connectivity index (χ1v) is 6.36. The summed E-state index contributed by atoms with van der Waals surface area (Å²) in [5.41, 5.74) is 5.63. The predicted octanol–water partition coefficient (Wildman–Crippen LogP) is 2.03. The molecule has 0 aromatic heterocycles. The Morgan fingerprint density at radius 3 is 2.65 bits per heavy atom. The topological polar surface area (TPSA) is 84.6 Å². The second-order valence-electron chi connectivity index (χ2n) is 5.58. The van der Waals surface area contributed by atoms with Gasteiger partial charge in [0, 0.05) is 11.7 Å². The average molecular weight is 284 g/mol. The van der Waals surface area contributed by atoms with Gasteiger partial charge in [-0.05, 0) is 44.9 Å². The standard InChI is InChI=1S/C14H21FN2O3/c1-14(2,3)20-13(19)17-11-5-4-9(12(15)7-11)6-10(16)8-18/h4-5,7,10,18H,6,8,16H2,1-3H3,(H,17,19). The lowest BCUT2D eigenvalue weighted by Gasteiger charge is -2.19. The zero-order valence-corrected chi connectivity index (χ0v) is 11.9. The van der Waals surface area contributed by atoms with Gasteiger partial charge in [-0.25, -0.2) is 9.18 Å². The number of nitrogens with one attached hydrogen (secondary N) is 1. The van der Waals surface area contributed by atoms with Gasteiger partial charge in [0.05, 0.1) is 6.61 Å². The highest BCUT2D eigenvalue weighted by molar-refractivity contribution is 5.84. The molecule has 20 heavy (non-hydrogen) atoms. The van der Waals surface area contributed by atoms with Gasteiger partial charge >= 0.3 is 6.09 Å². The predicted molar refractivity (Wildman–Crippen MR) is 75.0 cm³/mol. The molecule has 0 spiro atoms. The molecule has 0 aliphatic carbocycles.